The standard InChI is InChI=1S/C20H22O8/c21-11-15(23)20(28,17(25)14-9-5-2-6-10-14)18(26)19(27,12-22)16(24)13-7-3-1-4-8-13/h1-10,15,18,21-23,26-28H,11-12H2/t15-,18+,19-,20-/m0/s1. The van der Waals surface area contributed by atoms with Crippen molar-refractivity contribution >= 4 is 11.6 Å². The predicted molar refractivity (Wildman–Crippen MR) is 97.6 cm³/mol. The number of carbonyl (C=O) groups is 2. The monoisotopic (exact) mass is 390 g/mol. The van der Waals surface area contributed by atoms with E-state index in [0.717, 1.165) is 0 Å². The zero-order valence-electron chi connectivity index (χ0n) is 14.8. The Morgan fingerprint density at radius 1 is 0.786 bits per heavy atom. The number of hydrogen-bond donors (Lipinski definition) is 6. The molecule has 28 heavy (non-hydrogen) atoms. The topological polar surface area (TPSA) is 156 Å². The molecule has 0 radical (unpaired) electrons. The Morgan fingerprint density at radius 2 is 1.21 bits per heavy atom. The molecule has 0 aliphatic carbocycles. The summed E-state index contributed by atoms with van der Waals surface area (Å²) in [6, 6.07) is 14.2. The maximum absolute atomic E-state index is 12.8. The molecule has 0 saturated heterocycles. The highest BCUT2D eigenvalue weighted by atomic mass is 16.4. The molecule has 0 heterocycles. The van der Waals surface area contributed by atoms with Crippen molar-refractivity contribution in [1.82, 2.24) is 0 Å². The second-order valence-corrected chi connectivity index (χ2v) is 6.40. The largest absolute Gasteiger partial charge is 0.394 e. The first-order valence-corrected chi connectivity index (χ1v) is 8.45. The summed E-state index contributed by atoms with van der Waals surface area (Å²) >= 11 is 0. The van der Waals surface area contributed by atoms with Crippen molar-refractivity contribution in [1.29, 1.82) is 0 Å². The van der Waals surface area contributed by atoms with Crippen LogP contribution < -0.4 is 0 Å². The van der Waals surface area contributed by atoms with Crippen molar-refractivity contribution in [2.45, 2.75) is 23.4 Å². The van der Waals surface area contributed by atoms with Crippen LogP contribution in [0.4, 0.5) is 0 Å². The minimum atomic E-state index is -3.18. The van der Waals surface area contributed by atoms with E-state index in [1.54, 1.807) is 12.1 Å². The van der Waals surface area contributed by atoms with E-state index in [-0.39, 0.29) is 11.1 Å². The number of aliphatic hydroxyl groups is 6. The van der Waals surface area contributed by atoms with Crippen molar-refractivity contribution < 1.29 is 40.2 Å². The van der Waals surface area contributed by atoms with E-state index in [2.05, 4.69) is 0 Å². The van der Waals surface area contributed by atoms with Gasteiger partial charge in [0, 0.05) is 11.1 Å². The van der Waals surface area contributed by atoms with Crippen molar-refractivity contribution in [2.24, 2.45) is 0 Å². The van der Waals surface area contributed by atoms with Gasteiger partial charge in [0.15, 0.2) is 22.8 Å². The molecule has 8 heteroatoms. The Morgan fingerprint density at radius 3 is 1.61 bits per heavy atom. The molecule has 8 nitrogen and oxygen atoms in total. The molecular weight excluding hydrogens is 368 g/mol. The van der Waals surface area contributed by atoms with Crippen molar-refractivity contribution in [2.75, 3.05) is 13.2 Å². The van der Waals surface area contributed by atoms with E-state index < -0.39 is 48.2 Å². The van der Waals surface area contributed by atoms with Gasteiger partial charge in [-0.3, -0.25) is 9.59 Å². The third-order valence-corrected chi connectivity index (χ3v) is 4.62. The molecule has 0 amide bonds. The fourth-order valence-electron chi connectivity index (χ4n) is 2.90. The predicted octanol–water partition coefficient (Wildman–Crippen LogP) is -1.08. The second-order valence-electron chi connectivity index (χ2n) is 6.40. The van der Waals surface area contributed by atoms with Crippen molar-refractivity contribution in [3.63, 3.8) is 0 Å². The van der Waals surface area contributed by atoms with Gasteiger partial charge in [-0.05, 0) is 0 Å². The van der Waals surface area contributed by atoms with Crippen LogP contribution >= 0.6 is 0 Å². The number of ketones is 2. The van der Waals surface area contributed by atoms with Gasteiger partial charge in [0.2, 0.25) is 0 Å². The summed E-state index contributed by atoms with van der Waals surface area (Å²) in [7, 11) is 0. The molecular formula is C20H22O8. The van der Waals surface area contributed by atoms with Crippen LogP contribution in [0.5, 0.6) is 0 Å². The second kappa shape index (κ2) is 8.70. The summed E-state index contributed by atoms with van der Waals surface area (Å²) in [6.45, 7) is -2.52. The zero-order chi connectivity index (χ0) is 20.9. The number of benzene rings is 2. The van der Waals surface area contributed by atoms with E-state index >= 15 is 0 Å². The molecule has 0 unspecified atom stereocenters. The lowest BCUT2D eigenvalue weighted by Crippen LogP contribution is -2.70. The molecule has 2 aromatic rings. The summed E-state index contributed by atoms with van der Waals surface area (Å²) in [4.78, 5) is 25.6. The van der Waals surface area contributed by atoms with Gasteiger partial charge in [-0.1, -0.05) is 60.7 Å². The summed E-state index contributed by atoms with van der Waals surface area (Å²) in [5.41, 5.74) is -6.47. The van der Waals surface area contributed by atoms with Crippen LogP contribution in [0, 0.1) is 0 Å². The van der Waals surface area contributed by atoms with Gasteiger partial charge in [0.05, 0.1) is 13.2 Å². The van der Waals surface area contributed by atoms with Gasteiger partial charge in [0.1, 0.15) is 12.2 Å². The van der Waals surface area contributed by atoms with Crippen molar-refractivity contribution in [3.05, 3.63) is 71.8 Å². The molecule has 6 N–H and O–H groups in total. The lowest BCUT2D eigenvalue weighted by molar-refractivity contribution is -0.186. The van der Waals surface area contributed by atoms with Gasteiger partial charge in [-0.2, -0.15) is 0 Å². The summed E-state index contributed by atoms with van der Waals surface area (Å²) in [5, 5.41) is 61.4. The normalized spacial score (nSPS) is 17.8. The van der Waals surface area contributed by atoms with Crippen LogP contribution in [0.15, 0.2) is 60.7 Å². The Labute approximate surface area is 160 Å². The van der Waals surface area contributed by atoms with Crippen LogP contribution in [0.3, 0.4) is 0 Å². The fraction of sp³-hybridized carbons (Fsp3) is 0.300. The van der Waals surface area contributed by atoms with Crippen LogP contribution in [-0.4, -0.2) is 78.8 Å². The minimum Gasteiger partial charge on any atom is -0.394 e. The lowest BCUT2D eigenvalue weighted by Gasteiger charge is -2.41. The maximum Gasteiger partial charge on any atom is 0.199 e. The van der Waals surface area contributed by atoms with Gasteiger partial charge < -0.3 is 30.6 Å². The molecule has 0 aromatic heterocycles. The van der Waals surface area contributed by atoms with E-state index in [4.69, 9.17) is 0 Å². The third-order valence-electron chi connectivity index (χ3n) is 4.62. The highest BCUT2D eigenvalue weighted by Crippen LogP contribution is 2.31. The highest BCUT2D eigenvalue weighted by Gasteiger charge is 2.60. The van der Waals surface area contributed by atoms with Crippen LogP contribution in [0.25, 0.3) is 0 Å². The molecule has 0 saturated carbocycles. The molecule has 0 aliphatic heterocycles. The lowest BCUT2D eigenvalue weighted by atomic mass is 9.73. The Balaban J connectivity index is 2.55. The van der Waals surface area contributed by atoms with E-state index in [9.17, 15) is 40.2 Å². The summed E-state index contributed by atoms with van der Waals surface area (Å²) in [5.74, 6) is -2.41. The SMILES string of the molecule is O=C(c1ccccc1)[C@@](O)([C@@H](O)CO)[C@H](O)[C@](O)(CO)C(=O)c1ccccc1. The smallest absolute Gasteiger partial charge is 0.199 e. The summed E-state index contributed by atoms with van der Waals surface area (Å²) in [6.07, 6.45) is -4.91. The van der Waals surface area contributed by atoms with Crippen LogP contribution in [-0.2, 0) is 0 Å². The quantitative estimate of drug-likeness (QED) is 0.295. The Hall–Kier alpha value is -2.46. The average Bonchev–Trinajstić information content (AvgIpc) is 2.76. The molecule has 0 spiro atoms. The van der Waals surface area contributed by atoms with Gasteiger partial charge >= 0.3 is 0 Å². The first-order valence-electron chi connectivity index (χ1n) is 8.45. The van der Waals surface area contributed by atoms with Gasteiger partial charge in [-0.15, -0.1) is 0 Å². The number of hydrogen-bond acceptors (Lipinski definition) is 8. The molecule has 2 rings (SSSR count). The highest BCUT2D eigenvalue weighted by molar-refractivity contribution is 6.07. The van der Waals surface area contributed by atoms with Gasteiger partial charge in [-0.25, -0.2) is 0 Å². The van der Waals surface area contributed by atoms with Crippen LogP contribution in [0.1, 0.15) is 20.7 Å². The van der Waals surface area contributed by atoms with E-state index in [1.807, 2.05) is 0 Å². The zero-order valence-corrected chi connectivity index (χ0v) is 14.8. The number of carbonyl (C=O) groups excluding carboxylic acids is 2. The Kier molecular flexibility index (Phi) is 6.78. The number of rotatable bonds is 9. The Bertz CT molecular complexity index is 809. The van der Waals surface area contributed by atoms with Crippen LogP contribution in [0.2, 0.25) is 0 Å². The van der Waals surface area contributed by atoms with E-state index in [1.165, 1.54) is 48.5 Å². The first kappa shape index (κ1) is 21.8. The van der Waals surface area contributed by atoms with Crippen molar-refractivity contribution in [3.8, 4) is 0 Å². The number of aliphatic hydroxyl groups excluding tert-OH is 4. The minimum absolute atomic E-state index is 0.105. The molecule has 4 atom stereocenters. The third kappa shape index (κ3) is 3.74. The first-order chi connectivity index (χ1) is 13.2. The fourth-order valence-corrected chi connectivity index (χ4v) is 2.90. The molecule has 150 valence electrons. The molecule has 0 fully saturated rings. The molecule has 2 aromatic carbocycles. The van der Waals surface area contributed by atoms with E-state index in [0.29, 0.717) is 0 Å². The molecule has 0 aliphatic rings. The molecule has 0 bridgehead atoms. The average molecular weight is 390 g/mol. The number of Topliss-reactive ketones (excluding diaryl/α,β-unsaturated/α-hetero) is 2. The van der Waals surface area contributed by atoms with Gasteiger partial charge in [0.25, 0.3) is 0 Å². The summed E-state index contributed by atoms with van der Waals surface area (Å²) < 4.78 is 0. The maximum atomic E-state index is 12.8.